The molecule has 0 rings (SSSR count). The van der Waals surface area contributed by atoms with Gasteiger partial charge in [0.15, 0.2) is 5.54 Å². The standard InChI is InChI=1S/C9H18N2O3.C4H10N2O.2ClH/c1-8(2,3)14-7(13)11-9(4,5)6(10)12;1-4(2,6)3(5)7;;/h1-5H3,(H2,10,12)(H,11,13);6H2,1-2H3,(H2,5,7);2*1H. The van der Waals surface area contributed by atoms with Gasteiger partial charge in [0.2, 0.25) is 5.91 Å². The molecule has 0 aliphatic carbocycles. The molecule has 0 aliphatic rings. The van der Waals surface area contributed by atoms with E-state index < -0.39 is 28.7 Å². The first kappa shape index (κ1) is 29.7. The van der Waals surface area contributed by atoms with Crippen molar-refractivity contribution in [2.24, 2.45) is 11.5 Å². The van der Waals surface area contributed by atoms with Gasteiger partial charge >= 0.3 is 6.09 Å². The Morgan fingerprint density at radius 2 is 1.22 bits per heavy atom. The molecule has 0 saturated carbocycles. The fourth-order valence-electron chi connectivity index (χ4n) is 0.620. The molecular weight excluding hydrogens is 347 g/mol. The first-order valence-electron chi connectivity index (χ1n) is 6.45. The van der Waals surface area contributed by atoms with E-state index in [1.54, 1.807) is 34.6 Å². The lowest BCUT2D eigenvalue weighted by Crippen LogP contribution is -3.00. The second-order valence-electron chi connectivity index (χ2n) is 6.86. The number of carbonyl (C=O) groups is 3. The molecule has 8 nitrogen and oxygen atoms in total. The van der Waals surface area contributed by atoms with Crippen molar-refractivity contribution in [1.82, 2.24) is 5.32 Å². The second kappa shape index (κ2) is 10.5. The summed E-state index contributed by atoms with van der Waals surface area (Å²) in [4.78, 5) is 32.3. The smallest absolute Gasteiger partial charge is 0.408 e. The van der Waals surface area contributed by atoms with E-state index in [2.05, 4.69) is 11.1 Å². The Labute approximate surface area is 150 Å². The van der Waals surface area contributed by atoms with Crippen LogP contribution in [0.3, 0.4) is 0 Å². The topological polar surface area (TPSA) is 152 Å². The number of ether oxygens (including phenoxy) is 1. The zero-order valence-electron chi connectivity index (χ0n) is 14.8. The van der Waals surface area contributed by atoms with Crippen molar-refractivity contribution < 1.29 is 37.3 Å². The van der Waals surface area contributed by atoms with Gasteiger partial charge in [-0.3, -0.25) is 9.59 Å². The van der Waals surface area contributed by atoms with Crippen LogP contribution in [-0.2, 0) is 14.3 Å². The van der Waals surface area contributed by atoms with Crippen LogP contribution >= 0.6 is 12.4 Å². The van der Waals surface area contributed by atoms with E-state index in [1.165, 1.54) is 13.8 Å². The van der Waals surface area contributed by atoms with Crippen LogP contribution < -0.4 is 34.9 Å². The summed E-state index contributed by atoms with van der Waals surface area (Å²) in [6, 6.07) is 0. The largest absolute Gasteiger partial charge is 1.00 e. The van der Waals surface area contributed by atoms with Gasteiger partial charge < -0.3 is 39.7 Å². The molecule has 0 aromatic heterocycles. The van der Waals surface area contributed by atoms with Crippen LogP contribution in [0.4, 0.5) is 4.79 Å². The molecule has 0 unspecified atom stereocenters. The number of carbonyl (C=O) groups excluding carboxylic acids is 3. The van der Waals surface area contributed by atoms with E-state index in [-0.39, 0.29) is 30.7 Å². The van der Waals surface area contributed by atoms with E-state index in [0.717, 1.165) is 0 Å². The average molecular weight is 377 g/mol. The van der Waals surface area contributed by atoms with Gasteiger partial charge in [0.25, 0.3) is 5.91 Å². The Balaban J connectivity index is -0.000000173. The van der Waals surface area contributed by atoms with Crippen LogP contribution in [0.5, 0.6) is 0 Å². The molecule has 0 aromatic carbocycles. The summed E-state index contributed by atoms with van der Waals surface area (Å²) in [5.74, 6) is -0.976. The van der Waals surface area contributed by atoms with Crippen LogP contribution in [0.25, 0.3) is 0 Å². The molecule has 0 saturated heterocycles. The molecule has 0 heterocycles. The SMILES string of the molecule is CC(C)(C)OC(=O)NC(C)(C)C(N)=O.CC(C)([NH3+])C(N)=O.Cl.[Cl-]. The maximum atomic E-state index is 11.2. The van der Waals surface area contributed by atoms with Gasteiger partial charge in [-0.25, -0.2) is 4.79 Å². The van der Waals surface area contributed by atoms with Gasteiger partial charge in [0, 0.05) is 0 Å². The van der Waals surface area contributed by atoms with Crippen molar-refractivity contribution in [3.8, 4) is 0 Å². The van der Waals surface area contributed by atoms with Crippen LogP contribution in [0.15, 0.2) is 0 Å². The molecule has 0 aliphatic heterocycles. The number of nitrogens with one attached hydrogen (secondary N) is 1. The quantitative estimate of drug-likeness (QED) is 0.407. The first-order valence-corrected chi connectivity index (χ1v) is 6.45. The number of quaternary nitrogens is 1. The minimum absolute atomic E-state index is 0. The Morgan fingerprint density at radius 3 is 1.39 bits per heavy atom. The van der Waals surface area contributed by atoms with Gasteiger partial charge in [0.1, 0.15) is 11.1 Å². The predicted octanol–water partition coefficient (Wildman–Crippen LogP) is -3.31. The van der Waals surface area contributed by atoms with Crippen molar-refractivity contribution >= 4 is 30.3 Å². The number of primary amides is 2. The number of rotatable bonds is 3. The molecule has 0 fully saturated rings. The highest BCUT2D eigenvalue weighted by Gasteiger charge is 2.29. The van der Waals surface area contributed by atoms with E-state index in [0.29, 0.717) is 0 Å². The van der Waals surface area contributed by atoms with E-state index >= 15 is 0 Å². The summed E-state index contributed by atoms with van der Waals surface area (Å²) < 4.78 is 4.97. The van der Waals surface area contributed by atoms with E-state index in [4.69, 9.17) is 16.2 Å². The molecule has 3 amide bonds. The lowest BCUT2D eigenvalue weighted by Gasteiger charge is -2.25. The summed E-state index contributed by atoms with van der Waals surface area (Å²) in [6.07, 6.45) is -0.652. The van der Waals surface area contributed by atoms with Gasteiger partial charge in [-0.05, 0) is 48.5 Å². The highest BCUT2D eigenvalue weighted by molar-refractivity contribution is 5.87. The van der Waals surface area contributed by atoms with Gasteiger partial charge in [-0.1, -0.05) is 0 Å². The van der Waals surface area contributed by atoms with Crippen molar-refractivity contribution in [3.63, 3.8) is 0 Å². The number of amides is 3. The zero-order valence-corrected chi connectivity index (χ0v) is 16.4. The predicted molar refractivity (Wildman–Crippen MR) is 86.1 cm³/mol. The number of nitrogens with two attached hydrogens (primary N) is 2. The van der Waals surface area contributed by atoms with Crippen LogP contribution in [0.1, 0.15) is 48.5 Å². The Kier molecular flexibility index (Phi) is 13.6. The lowest BCUT2D eigenvalue weighted by molar-refractivity contribution is -0.445. The minimum Gasteiger partial charge on any atom is -1.00 e. The zero-order chi connectivity index (χ0) is 17.6. The van der Waals surface area contributed by atoms with Crippen molar-refractivity contribution in [1.29, 1.82) is 0 Å². The fraction of sp³-hybridized carbons (Fsp3) is 0.769. The molecule has 23 heavy (non-hydrogen) atoms. The van der Waals surface area contributed by atoms with E-state index in [1.807, 2.05) is 0 Å². The molecule has 8 N–H and O–H groups in total. The van der Waals surface area contributed by atoms with Crippen molar-refractivity contribution in [3.05, 3.63) is 0 Å². The summed E-state index contributed by atoms with van der Waals surface area (Å²) in [7, 11) is 0. The summed E-state index contributed by atoms with van der Waals surface area (Å²) >= 11 is 0. The summed E-state index contributed by atoms with van der Waals surface area (Å²) in [6.45, 7) is 11.6. The molecule has 140 valence electrons. The molecule has 0 aromatic rings. The summed E-state index contributed by atoms with van der Waals surface area (Å²) in [5, 5.41) is 2.38. The molecule has 0 atom stereocenters. The molecule has 0 bridgehead atoms. The highest BCUT2D eigenvalue weighted by atomic mass is 35.5. The molecule has 0 spiro atoms. The van der Waals surface area contributed by atoms with Crippen LogP contribution in [-0.4, -0.2) is 34.6 Å². The van der Waals surface area contributed by atoms with Crippen LogP contribution in [0, 0.1) is 0 Å². The monoisotopic (exact) mass is 376 g/mol. The maximum Gasteiger partial charge on any atom is 0.408 e. The van der Waals surface area contributed by atoms with E-state index in [9.17, 15) is 14.4 Å². The van der Waals surface area contributed by atoms with Gasteiger partial charge in [-0.15, -0.1) is 12.4 Å². The lowest BCUT2D eigenvalue weighted by atomic mass is 10.1. The number of alkyl carbamates (subject to hydrolysis) is 1. The number of hydrogen-bond donors (Lipinski definition) is 4. The molecule has 0 radical (unpaired) electrons. The van der Waals surface area contributed by atoms with Gasteiger partial charge in [0.05, 0.1) is 0 Å². The summed E-state index contributed by atoms with van der Waals surface area (Å²) in [5.41, 5.74) is 11.1. The van der Waals surface area contributed by atoms with Crippen molar-refractivity contribution in [2.75, 3.05) is 0 Å². The normalized spacial score (nSPS) is 10.8. The highest BCUT2D eigenvalue weighted by Crippen LogP contribution is 2.08. The Morgan fingerprint density at radius 1 is 0.913 bits per heavy atom. The number of hydrogen-bond acceptors (Lipinski definition) is 4. The van der Waals surface area contributed by atoms with Gasteiger partial charge in [-0.2, -0.15) is 0 Å². The van der Waals surface area contributed by atoms with Crippen LogP contribution in [0.2, 0.25) is 0 Å². The Bertz CT molecular complexity index is 402. The fourth-order valence-corrected chi connectivity index (χ4v) is 0.620. The van der Waals surface area contributed by atoms with Crippen molar-refractivity contribution in [2.45, 2.75) is 65.1 Å². The first-order chi connectivity index (χ1) is 8.99. The molecular formula is C13H30Cl2N4O4. The Hall–Kier alpha value is -1.25. The number of halogens is 2. The average Bonchev–Trinajstić information content (AvgIpc) is 2.11. The third-order valence-corrected chi connectivity index (χ3v) is 2.10. The minimum atomic E-state index is -1.09. The third-order valence-electron chi connectivity index (χ3n) is 2.10. The third kappa shape index (κ3) is 16.9. The maximum absolute atomic E-state index is 11.2. The second-order valence-corrected chi connectivity index (χ2v) is 6.86. The molecule has 10 heteroatoms.